The molecule has 1 fully saturated rings. The summed E-state index contributed by atoms with van der Waals surface area (Å²) in [6, 6.07) is 6.94. The Morgan fingerprint density at radius 1 is 1.20 bits per heavy atom. The van der Waals surface area contributed by atoms with E-state index in [-0.39, 0.29) is 42.9 Å². The molecule has 2 aromatic rings. The highest BCUT2D eigenvalue weighted by molar-refractivity contribution is 7.89. The van der Waals surface area contributed by atoms with E-state index in [1.807, 2.05) is 4.72 Å². The van der Waals surface area contributed by atoms with Crippen molar-refractivity contribution in [3.05, 3.63) is 58.5 Å². The Labute approximate surface area is 197 Å². The molecule has 35 heavy (non-hydrogen) atoms. The zero-order valence-electron chi connectivity index (χ0n) is 17.8. The highest BCUT2D eigenvalue weighted by Crippen LogP contribution is 2.34. The van der Waals surface area contributed by atoms with Crippen LogP contribution in [-0.2, 0) is 26.7 Å². The number of aromatic nitrogens is 1. The minimum atomic E-state index is -5.08. The van der Waals surface area contributed by atoms with Crippen LogP contribution in [0.5, 0.6) is 0 Å². The van der Waals surface area contributed by atoms with Crippen molar-refractivity contribution >= 4 is 27.7 Å². The highest BCUT2D eigenvalue weighted by atomic mass is 32.2. The minimum Gasteiger partial charge on any atom is -0.478 e. The van der Waals surface area contributed by atoms with Gasteiger partial charge in [-0.05, 0) is 36.6 Å². The van der Waals surface area contributed by atoms with Gasteiger partial charge in [0.2, 0.25) is 15.9 Å². The van der Waals surface area contributed by atoms with Crippen LogP contribution < -0.4 is 9.62 Å². The van der Waals surface area contributed by atoms with Crippen molar-refractivity contribution in [2.24, 2.45) is 5.92 Å². The van der Waals surface area contributed by atoms with Crippen LogP contribution in [0.1, 0.15) is 40.0 Å². The number of amides is 1. The van der Waals surface area contributed by atoms with Crippen molar-refractivity contribution in [1.29, 1.82) is 5.26 Å². The standard InChI is InChI=1S/C21H18F4N4O5S/c22-15-3-1-12(2-4-15)11-35(33,34)28-19(30)13-5-7-29(8-6-13)18-14(10-26)9-16(20(31)32)17(27-18)21(23,24)25/h1-4,9,13H,5-8,11H2,(H,28,30)(H,31,32). The van der Waals surface area contributed by atoms with E-state index in [9.17, 15) is 40.8 Å². The molecule has 0 radical (unpaired) electrons. The second-order valence-electron chi connectivity index (χ2n) is 7.78. The lowest BCUT2D eigenvalue weighted by Gasteiger charge is -2.33. The monoisotopic (exact) mass is 514 g/mol. The van der Waals surface area contributed by atoms with E-state index in [2.05, 4.69) is 4.98 Å². The molecular formula is C21H18F4N4O5S. The first-order chi connectivity index (χ1) is 16.3. The van der Waals surface area contributed by atoms with Gasteiger partial charge in [-0.3, -0.25) is 9.52 Å². The van der Waals surface area contributed by atoms with Crippen molar-refractivity contribution in [3.63, 3.8) is 0 Å². The molecule has 3 rings (SSSR count). The first-order valence-electron chi connectivity index (χ1n) is 10.1. The number of benzene rings is 1. The number of halogens is 4. The number of sulfonamides is 1. The number of carbonyl (C=O) groups is 2. The number of pyridine rings is 1. The Morgan fingerprint density at radius 2 is 1.80 bits per heavy atom. The summed E-state index contributed by atoms with van der Waals surface area (Å²) in [4.78, 5) is 28.4. The fourth-order valence-electron chi connectivity index (χ4n) is 3.63. The maximum Gasteiger partial charge on any atom is 0.434 e. The molecule has 0 aliphatic carbocycles. The maximum absolute atomic E-state index is 13.3. The Balaban J connectivity index is 1.71. The average Bonchev–Trinajstić information content (AvgIpc) is 2.78. The molecule has 14 heteroatoms. The van der Waals surface area contributed by atoms with Gasteiger partial charge in [0.05, 0.1) is 16.9 Å². The Kier molecular flexibility index (Phi) is 7.30. The van der Waals surface area contributed by atoms with Crippen LogP contribution in [-0.4, -0.2) is 43.5 Å². The summed E-state index contributed by atoms with van der Waals surface area (Å²) in [6.45, 7) is -0.0526. The maximum atomic E-state index is 13.3. The van der Waals surface area contributed by atoms with Crippen molar-refractivity contribution in [3.8, 4) is 6.07 Å². The summed E-state index contributed by atoms with van der Waals surface area (Å²) < 4.78 is 79.5. The molecule has 0 bridgehead atoms. The summed E-state index contributed by atoms with van der Waals surface area (Å²) in [5, 5.41) is 18.4. The Hall–Kier alpha value is -3.73. The number of nitrogens with zero attached hydrogens (tertiary/aromatic N) is 3. The topological polar surface area (TPSA) is 140 Å². The predicted octanol–water partition coefficient (Wildman–Crippen LogP) is 2.67. The number of nitrogens with one attached hydrogen (secondary N) is 1. The molecule has 1 amide bonds. The Morgan fingerprint density at radius 3 is 2.31 bits per heavy atom. The van der Waals surface area contributed by atoms with Gasteiger partial charge < -0.3 is 10.0 Å². The number of rotatable bonds is 6. The van der Waals surface area contributed by atoms with E-state index in [0.717, 1.165) is 12.1 Å². The van der Waals surface area contributed by atoms with Gasteiger partial charge in [0, 0.05) is 19.0 Å². The van der Waals surface area contributed by atoms with Gasteiger partial charge in [-0.25, -0.2) is 22.6 Å². The summed E-state index contributed by atoms with van der Waals surface area (Å²) in [6.07, 6.45) is -4.98. The van der Waals surface area contributed by atoms with Gasteiger partial charge in [-0.1, -0.05) is 12.1 Å². The van der Waals surface area contributed by atoms with E-state index in [0.29, 0.717) is 6.07 Å². The fraction of sp³-hybridized carbons (Fsp3) is 0.333. The number of alkyl halides is 3. The van der Waals surface area contributed by atoms with Crippen LogP contribution in [0.25, 0.3) is 0 Å². The third-order valence-electron chi connectivity index (χ3n) is 5.31. The normalized spacial score (nSPS) is 14.9. The van der Waals surface area contributed by atoms with E-state index in [1.165, 1.54) is 17.0 Å². The van der Waals surface area contributed by atoms with E-state index >= 15 is 0 Å². The van der Waals surface area contributed by atoms with Gasteiger partial charge in [-0.15, -0.1) is 0 Å². The van der Waals surface area contributed by atoms with Gasteiger partial charge in [-0.2, -0.15) is 18.4 Å². The fourth-order valence-corrected chi connectivity index (χ4v) is 4.81. The molecule has 1 aromatic heterocycles. The molecule has 0 spiro atoms. The largest absolute Gasteiger partial charge is 0.478 e. The van der Waals surface area contributed by atoms with Crippen LogP contribution in [0, 0.1) is 23.1 Å². The van der Waals surface area contributed by atoms with Crippen LogP contribution in [0.3, 0.4) is 0 Å². The number of nitriles is 1. The molecule has 186 valence electrons. The third kappa shape index (κ3) is 6.24. The third-order valence-corrected chi connectivity index (χ3v) is 6.54. The number of carboxylic acid groups (broad SMARTS) is 1. The number of carboxylic acids is 1. The highest BCUT2D eigenvalue weighted by Gasteiger charge is 2.39. The van der Waals surface area contributed by atoms with Crippen molar-refractivity contribution in [1.82, 2.24) is 9.71 Å². The van der Waals surface area contributed by atoms with E-state index < -0.39 is 56.8 Å². The smallest absolute Gasteiger partial charge is 0.434 e. The van der Waals surface area contributed by atoms with E-state index in [4.69, 9.17) is 5.11 Å². The van der Waals surface area contributed by atoms with Crippen molar-refractivity contribution < 1.29 is 40.7 Å². The van der Waals surface area contributed by atoms with Crippen LogP contribution in [0.2, 0.25) is 0 Å². The second kappa shape index (κ2) is 9.87. The number of carbonyl (C=O) groups excluding carboxylic acids is 1. The van der Waals surface area contributed by atoms with Crippen molar-refractivity contribution in [2.75, 3.05) is 18.0 Å². The lowest BCUT2D eigenvalue weighted by atomic mass is 9.96. The summed E-state index contributed by atoms with van der Waals surface area (Å²) >= 11 is 0. The van der Waals surface area contributed by atoms with Crippen LogP contribution in [0.4, 0.5) is 23.4 Å². The van der Waals surface area contributed by atoms with Crippen molar-refractivity contribution in [2.45, 2.75) is 24.8 Å². The first kappa shape index (κ1) is 25.9. The zero-order valence-corrected chi connectivity index (χ0v) is 18.7. The van der Waals surface area contributed by atoms with E-state index in [1.54, 1.807) is 6.07 Å². The molecular weight excluding hydrogens is 496 g/mol. The summed E-state index contributed by atoms with van der Waals surface area (Å²) in [5.41, 5.74) is -2.91. The molecule has 1 saturated heterocycles. The van der Waals surface area contributed by atoms with Gasteiger partial charge in [0.1, 0.15) is 17.7 Å². The quantitative estimate of drug-likeness (QED) is 0.561. The number of hydrogen-bond donors (Lipinski definition) is 2. The zero-order chi connectivity index (χ0) is 26.0. The molecule has 0 unspecified atom stereocenters. The molecule has 2 N–H and O–H groups in total. The number of piperidine rings is 1. The number of aromatic carboxylic acids is 1. The molecule has 1 aromatic carbocycles. The molecule has 1 aliphatic heterocycles. The van der Waals surface area contributed by atoms with Gasteiger partial charge >= 0.3 is 12.1 Å². The lowest BCUT2D eigenvalue weighted by molar-refractivity contribution is -0.141. The number of anilines is 1. The predicted molar refractivity (Wildman–Crippen MR) is 113 cm³/mol. The SMILES string of the molecule is N#Cc1cc(C(=O)O)c(C(F)(F)F)nc1N1CCC(C(=O)NS(=O)(=O)Cc2ccc(F)cc2)CC1. The molecule has 2 heterocycles. The van der Waals surface area contributed by atoms with Gasteiger partial charge in [0.15, 0.2) is 5.69 Å². The van der Waals surface area contributed by atoms with Gasteiger partial charge in [0.25, 0.3) is 0 Å². The molecule has 9 nitrogen and oxygen atoms in total. The summed E-state index contributed by atoms with van der Waals surface area (Å²) in [7, 11) is -4.08. The second-order valence-corrected chi connectivity index (χ2v) is 9.51. The molecule has 1 aliphatic rings. The first-order valence-corrected chi connectivity index (χ1v) is 11.8. The minimum absolute atomic E-state index is 0.0263. The van der Waals surface area contributed by atoms with Crippen LogP contribution >= 0.6 is 0 Å². The molecule has 0 saturated carbocycles. The lowest BCUT2D eigenvalue weighted by Crippen LogP contribution is -2.43. The summed E-state index contributed by atoms with van der Waals surface area (Å²) in [5.74, 6) is -4.92. The van der Waals surface area contributed by atoms with Crippen LogP contribution in [0.15, 0.2) is 30.3 Å². The average molecular weight is 514 g/mol. The molecule has 0 atom stereocenters. The number of hydrogen-bond acceptors (Lipinski definition) is 7. The Bertz CT molecular complexity index is 1280.